The van der Waals surface area contributed by atoms with Gasteiger partial charge in [-0.3, -0.25) is 4.18 Å². The average Bonchev–Trinajstić information content (AvgIpc) is 2.51. The molecule has 0 spiro atoms. The summed E-state index contributed by atoms with van der Waals surface area (Å²) >= 11 is 0. The van der Waals surface area contributed by atoms with E-state index in [1.54, 1.807) is 0 Å². The van der Waals surface area contributed by atoms with E-state index in [1.165, 1.54) is 57.8 Å². The molecular weight excluding hydrogens is 330 g/mol. The van der Waals surface area contributed by atoms with Crippen LogP contribution in [0.5, 0.6) is 0 Å². The molecule has 0 heterocycles. The van der Waals surface area contributed by atoms with Gasteiger partial charge in [-0.05, 0) is 6.42 Å². The zero-order chi connectivity index (χ0) is 17.4. The number of hydrogen-bond donors (Lipinski definition) is 3. The molecular formula is C17H40NO5S+. The lowest BCUT2D eigenvalue weighted by Gasteiger charge is -2.08. The number of aliphatic hydroxyl groups is 2. The lowest BCUT2D eigenvalue weighted by molar-refractivity contribution is 0.109. The van der Waals surface area contributed by atoms with Gasteiger partial charge in [0.25, 0.3) is 10.1 Å². The quantitative estimate of drug-likeness (QED) is 0.266. The minimum atomic E-state index is -3.72. The van der Waals surface area contributed by atoms with E-state index < -0.39 is 28.6 Å². The van der Waals surface area contributed by atoms with Gasteiger partial charge in [0.15, 0.2) is 0 Å². The molecule has 0 aliphatic carbocycles. The molecule has 148 valence electrons. The maximum atomic E-state index is 11.4. The zero-order valence-electron chi connectivity index (χ0n) is 15.7. The predicted molar refractivity (Wildman–Crippen MR) is 99.9 cm³/mol. The SMILES string of the molecule is CCCCCCCCCCCCCCOS(=O)(=O)CC(O)CO.[NH4+]. The Kier molecular flexibility index (Phi) is 19.1. The van der Waals surface area contributed by atoms with Gasteiger partial charge in [0.1, 0.15) is 5.75 Å². The van der Waals surface area contributed by atoms with Gasteiger partial charge in [-0.25, -0.2) is 0 Å². The molecule has 1 unspecified atom stereocenters. The van der Waals surface area contributed by atoms with Crippen molar-refractivity contribution < 1.29 is 22.8 Å². The van der Waals surface area contributed by atoms with Gasteiger partial charge in [-0.15, -0.1) is 0 Å². The van der Waals surface area contributed by atoms with E-state index in [-0.39, 0.29) is 12.8 Å². The molecule has 0 aromatic heterocycles. The normalized spacial score (nSPS) is 12.8. The van der Waals surface area contributed by atoms with E-state index in [9.17, 15) is 8.42 Å². The minimum Gasteiger partial charge on any atom is -0.394 e. The highest BCUT2D eigenvalue weighted by atomic mass is 32.2. The number of unbranched alkanes of at least 4 members (excludes halogenated alkanes) is 11. The fraction of sp³-hybridized carbons (Fsp3) is 1.00. The van der Waals surface area contributed by atoms with E-state index >= 15 is 0 Å². The van der Waals surface area contributed by atoms with Crippen LogP contribution in [0.3, 0.4) is 0 Å². The van der Waals surface area contributed by atoms with Crippen molar-refractivity contribution >= 4 is 10.1 Å². The van der Waals surface area contributed by atoms with Gasteiger partial charge in [0, 0.05) is 0 Å². The van der Waals surface area contributed by atoms with Gasteiger partial charge in [0.2, 0.25) is 0 Å². The van der Waals surface area contributed by atoms with Crippen LogP contribution in [0.1, 0.15) is 84.0 Å². The zero-order valence-corrected chi connectivity index (χ0v) is 16.5. The maximum absolute atomic E-state index is 11.4. The van der Waals surface area contributed by atoms with Crippen LogP contribution >= 0.6 is 0 Å². The van der Waals surface area contributed by atoms with Crippen LogP contribution in [-0.4, -0.2) is 43.7 Å². The van der Waals surface area contributed by atoms with Crippen LogP contribution in [0.25, 0.3) is 0 Å². The van der Waals surface area contributed by atoms with E-state index in [0.29, 0.717) is 6.42 Å². The minimum absolute atomic E-state index is 0. The third-order valence-corrected chi connectivity index (χ3v) is 5.19. The molecule has 0 saturated carbocycles. The molecule has 6 N–H and O–H groups in total. The van der Waals surface area contributed by atoms with Gasteiger partial charge >= 0.3 is 0 Å². The van der Waals surface area contributed by atoms with Gasteiger partial charge in [0.05, 0.1) is 19.3 Å². The van der Waals surface area contributed by atoms with Crippen LogP contribution in [-0.2, 0) is 14.3 Å². The first-order valence-corrected chi connectivity index (χ1v) is 10.8. The number of rotatable bonds is 17. The Labute approximate surface area is 148 Å². The van der Waals surface area contributed by atoms with Crippen LogP contribution in [0.4, 0.5) is 0 Å². The molecule has 0 aromatic rings. The standard InChI is InChI=1S/C17H36O5S.H3N/c1-2-3-4-5-6-7-8-9-10-11-12-13-14-22-23(20,21)16-17(19)15-18;/h17-19H,2-16H2,1H3;1H3/p+1. The Hall–Kier alpha value is -0.210. The fourth-order valence-electron chi connectivity index (χ4n) is 2.47. The first-order chi connectivity index (χ1) is 11.0. The van der Waals surface area contributed by atoms with E-state index in [0.717, 1.165) is 12.8 Å². The molecule has 0 saturated heterocycles. The summed E-state index contributed by atoms with van der Waals surface area (Å²) in [5.41, 5.74) is 0. The number of quaternary nitrogens is 1. The molecule has 0 rings (SSSR count). The summed E-state index contributed by atoms with van der Waals surface area (Å²) in [6.07, 6.45) is 13.4. The van der Waals surface area contributed by atoms with Crippen molar-refractivity contribution in [2.24, 2.45) is 0 Å². The maximum Gasteiger partial charge on any atom is 0.269 e. The third-order valence-electron chi connectivity index (χ3n) is 3.87. The van der Waals surface area contributed by atoms with E-state index in [2.05, 4.69) is 6.92 Å². The third kappa shape index (κ3) is 18.1. The van der Waals surface area contributed by atoms with Crippen molar-refractivity contribution in [3.63, 3.8) is 0 Å². The lowest BCUT2D eigenvalue weighted by Crippen LogP contribution is -2.25. The molecule has 1 atom stereocenters. The van der Waals surface area contributed by atoms with Crippen molar-refractivity contribution in [2.75, 3.05) is 19.0 Å². The summed E-state index contributed by atoms with van der Waals surface area (Å²) in [6.45, 7) is 1.83. The van der Waals surface area contributed by atoms with Gasteiger partial charge in [-0.1, -0.05) is 77.6 Å². The lowest BCUT2D eigenvalue weighted by atomic mass is 10.1. The molecule has 0 aliphatic heterocycles. The molecule has 0 radical (unpaired) electrons. The smallest absolute Gasteiger partial charge is 0.269 e. The second kappa shape index (κ2) is 17.6. The van der Waals surface area contributed by atoms with Gasteiger partial charge in [-0.2, -0.15) is 8.42 Å². The van der Waals surface area contributed by atoms with Crippen LogP contribution in [0, 0.1) is 0 Å². The predicted octanol–water partition coefficient (Wildman–Crippen LogP) is 3.76. The Morgan fingerprint density at radius 2 is 1.25 bits per heavy atom. The largest absolute Gasteiger partial charge is 0.394 e. The molecule has 0 aromatic carbocycles. The monoisotopic (exact) mass is 370 g/mol. The molecule has 7 heteroatoms. The van der Waals surface area contributed by atoms with Crippen LogP contribution in [0.15, 0.2) is 0 Å². The topological polar surface area (TPSA) is 120 Å². The Balaban J connectivity index is 0. The molecule has 6 nitrogen and oxygen atoms in total. The van der Waals surface area contributed by atoms with E-state index in [4.69, 9.17) is 14.4 Å². The van der Waals surface area contributed by atoms with Crippen molar-refractivity contribution in [3.8, 4) is 0 Å². The van der Waals surface area contributed by atoms with Crippen LogP contribution < -0.4 is 6.15 Å². The Bertz CT molecular complexity index is 349. The summed E-state index contributed by atoms with van der Waals surface area (Å²) in [6, 6.07) is 0. The van der Waals surface area contributed by atoms with Crippen molar-refractivity contribution in [1.29, 1.82) is 0 Å². The van der Waals surface area contributed by atoms with Crippen LogP contribution in [0.2, 0.25) is 0 Å². The summed E-state index contributed by atoms with van der Waals surface area (Å²) in [4.78, 5) is 0. The first kappa shape index (κ1) is 26.0. The Morgan fingerprint density at radius 3 is 1.67 bits per heavy atom. The molecule has 0 fully saturated rings. The van der Waals surface area contributed by atoms with Gasteiger partial charge < -0.3 is 16.4 Å². The second-order valence-corrected chi connectivity index (χ2v) is 7.96. The van der Waals surface area contributed by atoms with Crippen molar-refractivity contribution in [1.82, 2.24) is 6.15 Å². The number of hydrogen-bond acceptors (Lipinski definition) is 5. The highest BCUT2D eigenvalue weighted by Crippen LogP contribution is 2.12. The fourth-order valence-corrected chi connectivity index (χ4v) is 3.51. The summed E-state index contributed by atoms with van der Waals surface area (Å²) < 4.78 is 27.6. The summed E-state index contributed by atoms with van der Waals surface area (Å²) in [5.74, 6) is -0.540. The number of aliphatic hydroxyl groups excluding tert-OH is 2. The second-order valence-electron chi connectivity index (χ2n) is 6.27. The first-order valence-electron chi connectivity index (χ1n) is 9.18. The Morgan fingerprint density at radius 1 is 0.833 bits per heavy atom. The molecule has 0 aliphatic rings. The molecule has 0 amide bonds. The van der Waals surface area contributed by atoms with Crippen molar-refractivity contribution in [3.05, 3.63) is 0 Å². The highest BCUT2D eigenvalue weighted by Gasteiger charge is 2.16. The average molecular weight is 371 g/mol. The summed E-state index contributed by atoms with van der Waals surface area (Å²) in [7, 11) is -3.72. The summed E-state index contributed by atoms with van der Waals surface area (Å²) in [5, 5.41) is 17.7. The van der Waals surface area contributed by atoms with Crippen molar-refractivity contribution in [2.45, 2.75) is 90.1 Å². The van der Waals surface area contributed by atoms with E-state index in [1.807, 2.05) is 0 Å². The molecule has 24 heavy (non-hydrogen) atoms. The highest BCUT2D eigenvalue weighted by molar-refractivity contribution is 7.86. The molecule has 0 bridgehead atoms.